The van der Waals surface area contributed by atoms with Gasteiger partial charge in [-0.3, -0.25) is 10.1 Å². The van der Waals surface area contributed by atoms with E-state index in [2.05, 4.69) is 16.4 Å². The Labute approximate surface area is 137 Å². The van der Waals surface area contributed by atoms with Crippen LogP contribution in [0.15, 0.2) is 36.4 Å². The molecule has 0 aliphatic heterocycles. The number of anilines is 1. The normalized spacial score (nSPS) is 10.6. The molecule has 0 aliphatic carbocycles. The third-order valence-electron chi connectivity index (χ3n) is 3.38. The Bertz CT molecular complexity index is 851. The quantitative estimate of drug-likeness (QED) is 0.790. The van der Waals surface area contributed by atoms with Crippen molar-refractivity contribution in [1.82, 2.24) is 4.98 Å². The molecular weight excluding hydrogens is 312 g/mol. The van der Waals surface area contributed by atoms with Crippen LogP contribution in [-0.2, 0) is 0 Å². The van der Waals surface area contributed by atoms with E-state index in [1.165, 1.54) is 11.3 Å². The number of carbonyl (C=O) groups is 1. The molecule has 0 atom stereocenters. The van der Waals surface area contributed by atoms with Crippen LogP contribution in [0.5, 0.6) is 11.5 Å². The van der Waals surface area contributed by atoms with Gasteiger partial charge in [-0.1, -0.05) is 17.4 Å². The summed E-state index contributed by atoms with van der Waals surface area (Å²) in [6, 6.07) is 11.0. The molecule has 1 amide bonds. The number of nitrogens with one attached hydrogen (secondary N) is 1. The molecule has 6 heteroatoms. The molecule has 1 heterocycles. The second kappa shape index (κ2) is 6.26. The van der Waals surface area contributed by atoms with Crippen molar-refractivity contribution in [1.29, 1.82) is 0 Å². The van der Waals surface area contributed by atoms with Gasteiger partial charge in [-0.15, -0.1) is 0 Å². The third-order valence-corrected chi connectivity index (χ3v) is 4.31. The Hall–Kier alpha value is -2.60. The van der Waals surface area contributed by atoms with Gasteiger partial charge in [0.15, 0.2) is 5.13 Å². The molecule has 3 aromatic rings. The number of benzene rings is 2. The number of fused-ring (bicyclic) bond motifs is 1. The summed E-state index contributed by atoms with van der Waals surface area (Å²) in [4.78, 5) is 16.9. The van der Waals surface area contributed by atoms with E-state index < -0.39 is 0 Å². The maximum atomic E-state index is 12.4. The Morgan fingerprint density at radius 2 is 1.78 bits per heavy atom. The summed E-state index contributed by atoms with van der Waals surface area (Å²) in [7, 11) is 3.10. The first-order valence-corrected chi connectivity index (χ1v) is 7.82. The number of carbonyl (C=O) groups excluding carboxylic acids is 1. The Morgan fingerprint density at radius 1 is 1.09 bits per heavy atom. The molecular formula is C17H16N2O3S. The van der Waals surface area contributed by atoms with Crippen molar-refractivity contribution in [2.75, 3.05) is 19.5 Å². The van der Waals surface area contributed by atoms with E-state index in [1.54, 1.807) is 32.4 Å². The van der Waals surface area contributed by atoms with E-state index in [-0.39, 0.29) is 5.91 Å². The average molecular weight is 328 g/mol. The molecule has 0 radical (unpaired) electrons. The van der Waals surface area contributed by atoms with Gasteiger partial charge < -0.3 is 9.47 Å². The fraction of sp³-hybridized carbons (Fsp3) is 0.176. The Balaban J connectivity index is 1.88. The van der Waals surface area contributed by atoms with Crippen LogP contribution in [-0.4, -0.2) is 25.1 Å². The minimum Gasteiger partial charge on any atom is -0.497 e. The van der Waals surface area contributed by atoms with Crippen molar-refractivity contribution in [3.63, 3.8) is 0 Å². The molecule has 1 N–H and O–H groups in total. The number of hydrogen-bond donors (Lipinski definition) is 1. The van der Waals surface area contributed by atoms with Gasteiger partial charge in [0.05, 0.1) is 24.4 Å². The predicted octanol–water partition coefficient (Wildman–Crippen LogP) is 3.87. The van der Waals surface area contributed by atoms with Crippen LogP contribution in [0.25, 0.3) is 10.2 Å². The average Bonchev–Trinajstić information content (AvgIpc) is 2.95. The Kier molecular flexibility index (Phi) is 4.16. The van der Waals surface area contributed by atoms with Crippen LogP contribution in [0.4, 0.5) is 5.13 Å². The topological polar surface area (TPSA) is 60.5 Å². The van der Waals surface area contributed by atoms with E-state index in [0.29, 0.717) is 22.2 Å². The summed E-state index contributed by atoms with van der Waals surface area (Å²) in [5.41, 5.74) is 2.49. The van der Waals surface area contributed by atoms with Crippen molar-refractivity contribution >= 4 is 32.6 Å². The molecule has 1 aromatic heterocycles. The van der Waals surface area contributed by atoms with Crippen LogP contribution in [0.1, 0.15) is 15.9 Å². The molecule has 23 heavy (non-hydrogen) atoms. The second-order valence-corrected chi connectivity index (χ2v) is 6.08. The van der Waals surface area contributed by atoms with Crippen LogP contribution in [0.2, 0.25) is 0 Å². The number of nitrogens with zero attached hydrogens (tertiary/aromatic N) is 1. The highest BCUT2D eigenvalue weighted by Crippen LogP contribution is 2.28. The highest BCUT2D eigenvalue weighted by atomic mass is 32.1. The zero-order chi connectivity index (χ0) is 16.4. The summed E-state index contributed by atoms with van der Waals surface area (Å²) in [6.45, 7) is 2.03. The maximum absolute atomic E-state index is 12.4. The summed E-state index contributed by atoms with van der Waals surface area (Å²) >= 11 is 1.45. The maximum Gasteiger partial charge on any atom is 0.257 e. The lowest BCUT2D eigenvalue weighted by atomic mass is 10.2. The van der Waals surface area contributed by atoms with Crippen molar-refractivity contribution in [2.24, 2.45) is 0 Å². The second-order valence-electron chi connectivity index (χ2n) is 5.05. The monoisotopic (exact) mass is 328 g/mol. The predicted molar refractivity (Wildman–Crippen MR) is 91.9 cm³/mol. The number of thiazole rings is 1. The van der Waals surface area contributed by atoms with Crippen LogP contribution in [0, 0.1) is 6.92 Å². The van der Waals surface area contributed by atoms with Crippen molar-refractivity contribution in [3.05, 3.63) is 47.5 Å². The molecule has 3 rings (SSSR count). The fourth-order valence-electron chi connectivity index (χ4n) is 2.19. The lowest BCUT2D eigenvalue weighted by molar-refractivity contribution is 0.102. The number of aryl methyl sites for hydroxylation is 1. The SMILES string of the molecule is COc1cc(OC)cc(C(=O)Nc2nc3ccc(C)cc3s2)c1. The largest absolute Gasteiger partial charge is 0.497 e. The zero-order valence-corrected chi connectivity index (χ0v) is 13.9. The smallest absolute Gasteiger partial charge is 0.257 e. The first-order valence-electron chi connectivity index (χ1n) is 7.00. The van der Waals surface area contributed by atoms with Gasteiger partial charge in [0.2, 0.25) is 0 Å². The van der Waals surface area contributed by atoms with Gasteiger partial charge in [-0.25, -0.2) is 4.98 Å². The molecule has 0 fully saturated rings. The first kappa shape index (κ1) is 15.3. The number of aromatic nitrogens is 1. The molecule has 2 aromatic carbocycles. The molecule has 0 spiro atoms. The minimum atomic E-state index is -0.252. The molecule has 5 nitrogen and oxygen atoms in total. The van der Waals surface area contributed by atoms with Gasteiger partial charge in [0, 0.05) is 11.6 Å². The highest BCUT2D eigenvalue weighted by molar-refractivity contribution is 7.22. The summed E-state index contributed by atoms with van der Waals surface area (Å²) < 4.78 is 11.4. The molecule has 0 aliphatic rings. The fourth-order valence-corrected chi connectivity index (χ4v) is 3.15. The standard InChI is InChI=1S/C17H16N2O3S/c1-10-4-5-14-15(6-10)23-17(18-14)19-16(20)11-7-12(21-2)9-13(8-11)22-3/h4-9H,1-3H3,(H,18,19,20). The number of ether oxygens (including phenoxy) is 2. The van der Waals surface area contributed by atoms with Gasteiger partial charge in [-0.05, 0) is 36.8 Å². The summed E-state index contributed by atoms with van der Waals surface area (Å²) in [6.07, 6.45) is 0. The van der Waals surface area contributed by atoms with Gasteiger partial charge in [-0.2, -0.15) is 0 Å². The Morgan fingerprint density at radius 3 is 2.43 bits per heavy atom. The number of hydrogen-bond acceptors (Lipinski definition) is 5. The molecule has 118 valence electrons. The number of amides is 1. The summed E-state index contributed by atoms with van der Waals surface area (Å²) in [5, 5.41) is 3.39. The van der Waals surface area contributed by atoms with Crippen LogP contribution < -0.4 is 14.8 Å². The van der Waals surface area contributed by atoms with Gasteiger partial charge in [0.1, 0.15) is 11.5 Å². The minimum absolute atomic E-state index is 0.252. The van der Waals surface area contributed by atoms with Crippen LogP contribution in [0.3, 0.4) is 0 Å². The molecule has 0 saturated heterocycles. The third kappa shape index (κ3) is 3.27. The molecule has 0 bridgehead atoms. The first-order chi connectivity index (χ1) is 11.1. The highest BCUT2D eigenvalue weighted by Gasteiger charge is 2.12. The van der Waals surface area contributed by atoms with Crippen molar-refractivity contribution < 1.29 is 14.3 Å². The van der Waals surface area contributed by atoms with Crippen LogP contribution >= 0.6 is 11.3 Å². The molecule has 0 saturated carbocycles. The lowest BCUT2D eigenvalue weighted by Crippen LogP contribution is -2.12. The van der Waals surface area contributed by atoms with E-state index >= 15 is 0 Å². The van der Waals surface area contributed by atoms with Crippen molar-refractivity contribution in [2.45, 2.75) is 6.92 Å². The summed E-state index contributed by atoms with van der Waals surface area (Å²) in [5.74, 6) is 0.877. The molecule has 0 unspecified atom stereocenters. The van der Waals surface area contributed by atoms with E-state index in [0.717, 1.165) is 15.8 Å². The van der Waals surface area contributed by atoms with E-state index in [9.17, 15) is 4.79 Å². The zero-order valence-electron chi connectivity index (χ0n) is 13.0. The van der Waals surface area contributed by atoms with E-state index in [4.69, 9.17) is 9.47 Å². The number of rotatable bonds is 4. The van der Waals surface area contributed by atoms with Gasteiger partial charge in [0.25, 0.3) is 5.91 Å². The lowest BCUT2D eigenvalue weighted by Gasteiger charge is -2.07. The van der Waals surface area contributed by atoms with Gasteiger partial charge >= 0.3 is 0 Å². The van der Waals surface area contributed by atoms with E-state index in [1.807, 2.05) is 19.1 Å². The van der Waals surface area contributed by atoms with Crippen molar-refractivity contribution in [3.8, 4) is 11.5 Å². The number of methoxy groups -OCH3 is 2.